The molecule has 0 aromatic heterocycles. The summed E-state index contributed by atoms with van der Waals surface area (Å²) in [6.07, 6.45) is 4.19. The van der Waals surface area contributed by atoms with E-state index in [1.807, 2.05) is 0 Å². The van der Waals surface area contributed by atoms with Crippen molar-refractivity contribution in [1.29, 1.82) is 0 Å². The van der Waals surface area contributed by atoms with Gasteiger partial charge in [0.2, 0.25) is 0 Å². The number of benzene rings is 6. The van der Waals surface area contributed by atoms with Crippen LogP contribution in [0.2, 0.25) is 0 Å². The SMILES string of the molecule is Cc1ccc2c(c1)C(C)(C)c1ccccc1N2.Cc1ccc2c(c1)C(C)(C)c1ccccc1N2c1ccc(CCCCl)cc1.ClCCCc1ccc(Br)cc1. The summed E-state index contributed by atoms with van der Waals surface area (Å²) >= 11 is 14.8. The smallest absolute Gasteiger partial charge is 0.0502 e. The van der Waals surface area contributed by atoms with Gasteiger partial charge in [-0.15, -0.1) is 23.2 Å². The van der Waals surface area contributed by atoms with Crippen molar-refractivity contribution in [2.24, 2.45) is 0 Å². The minimum absolute atomic E-state index is 0.0191. The number of para-hydroxylation sites is 2. The van der Waals surface area contributed by atoms with Crippen molar-refractivity contribution in [3.8, 4) is 0 Å². The summed E-state index contributed by atoms with van der Waals surface area (Å²) in [4.78, 5) is 2.40. The normalized spacial score (nSPS) is 14.0. The summed E-state index contributed by atoms with van der Waals surface area (Å²) < 4.78 is 1.13. The quantitative estimate of drug-likeness (QED) is 0.161. The number of aryl methyl sites for hydroxylation is 4. The summed E-state index contributed by atoms with van der Waals surface area (Å²) in [5.74, 6) is 1.46. The average molecular weight is 833 g/mol. The van der Waals surface area contributed by atoms with Crippen LogP contribution in [0.4, 0.5) is 28.4 Å². The number of nitrogens with zero attached hydrogens (tertiary/aromatic N) is 1. The molecule has 6 aromatic carbocycles. The van der Waals surface area contributed by atoms with Gasteiger partial charge in [-0.25, -0.2) is 0 Å². The third-order valence-electron chi connectivity index (χ3n) is 10.9. The second-order valence-electron chi connectivity index (χ2n) is 15.7. The monoisotopic (exact) mass is 830 g/mol. The van der Waals surface area contributed by atoms with E-state index in [0.29, 0.717) is 5.88 Å². The first kappa shape index (κ1) is 40.6. The van der Waals surface area contributed by atoms with Gasteiger partial charge < -0.3 is 10.2 Å². The fourth-order valence-electron chi connectivity index (χ4n) is 7.81. The molecule has 0 saturated carbocycles. The topological polar surface area (TPSA) is 15.3 Å². The second kappa shape index (κ2) is 17.8. The third kappa shape index (κ3) is 9.18. The predicted molar refractivity (Wildman–Crippen MR) is 243 cm³/mol. The molecule has 0 fully saturated rings. The number of hydrogen-bond acceptors (Lipinski definition) is 2. The Balaban J connectivity index is 0.000000156. The molecule has 2 nitrogen and oxygen atoms in total. The lowest BCUT2D eigenvalue weighted by atomic mass is 9.73. The Bertz CT molecular complexity index is 2210. The van der Waals surface area contributed by atoms with E-state index in [4.69, 9.17) is 23.2 Å². The maximum absolute atomic E-state index is 5.85. The van der Waals surface area contributed by atoms with Gasteiger partial charge in [-0.2, -0.15) is 0 Å². The van der Waals surface area contributed by atoms with Crippen LogP contribution in [0.25, 0.3) is 0 Å². The zero-order valence-corrected chi connectivity index (χ0v) is 36.1. The van der Waals surface area contributed by atoms with E-state index in [1.54, 1.807) is 0 Å². The van der Waals surface area contributed by atoms with Crippen LogP contribution in [0.5, 0.6) is 0 Å². The first-order valence-electron chi connectivity index (χ1n) is 19.4. The van der Waals surface area contributed by atoms with Crippen molar-refractivity contribution in [2.45, 2.75) is 78.1 Å². The number of anilines is 5. The zero-order valence-electron chi connectivity index (χ0n) is 33.0. The minimum atomic E-state index is -0.0191. The lowest BCUT2D eigenvalue weighted by Crippen LogP contribution is -2.30. The Kier molecular flexibility index (Phi) is 13.2. The molecule has 0 unspecified atom stereocenters. The lowest BCUT2D eigenvalue weighted by molar-refractivity contribution is 0.631. The molecule has 0 saturated heterocycles. The predicted octanol–water partition coefficient (Wildman–Crippen LogP) is 15.3. The number of alkyl halides is 2. The molecular weight excluding hydrogens is 779 g/mol. The van der Waals surface area contributed by atoms with E-state index in [1.165, 1.54) is 72.9 Å². The van der Waals surface area contributed by atoms with Crippen LogP contribution in [0, 0.1) is 13.8 Å². The van der Waals surface area contributed by atoms with Crippen LogP contribution in [-0.2, 0) is 23.7 Å². The minimum Gasteiger partial charge on any atom is -0.355 e. The number of hydrogen-bond donors (Lipinski definition) is 1. The molecule has 1 N–H and O–H groups in total. The Morgan fingerprint density at radius 2 is 1.02 bits per heavy atom. The van der Waals surface area contributed by atoms with Crippen LogP contribution in [0.1, 0.15) is 85.0 Å². The number of nitrogens with one attached hydrogen (secondary N) is 1. The van der Waals surface area contributed by atoms with E-state index in [0.717, 1.165) is 36.0 Å². The lowest BCUT2D eigenvalue weighted by Gasteiger charge is -2.42. The highest BCUT2D eigenvalue weighted by Crippen LogP contribution is 2.52. The first-order chi connectivity index (χ1) is 26.4. The Labute approximate surface area is 348 Å². The molecule has 2 aliphatic rings. The molecule has 2 heterocycles. The van der Waals surface area contributed by atoms with Gasteiger partial charge in [-0.1, -0.05) is 140 Å². The van der Waals surface area contributed by atoms with E-state index in [9.17, 15) is 0 Å². The maximum Gasteiger partial charge on any atom is 0.0502 e. The number of halogens is 3. The van der Waals surface area contributed by atoms with Crippen molar-refractivity contribution < 1.29 is 0 Å². The van der Waals surface area contributed by atoms with E-state index in [2.05, 4.69) is 201 Å². The van der Waals surface area contributed by atoms with Crippen LogP contribution in [0.15, 0.2) is 138 Å². The molecule has 284 valence electrons. The standard InChI is InChI=1S/C25H26ClN.C16H17N.C9H10BrCl/c1-18-10-15-24-22(17-18)25(2,3)21-8-4-5-9-23(21)27(24)20-13-11-19(12-14-20)7-6-16-26;1-11-8-9-15-13(10-11)16(2,3)12-6-4-5-7-14(12)17-15;10-9-5-3-8(4-6-9)2-1-7-11/h4-5,8-15,17H,6-7,16H2,1-3H3;4-10,17H,1-3H3;3-6H,1-2,7H2. The number of fused-ring (bicyclic) bond motifs is 4. The highest BCUT2D eigenvalue weighted by Gasteiger charge is 2.36. The van der Waals surface area contributed by atoms with Crippen LogP contribution in [-0.4, -0.2) is 11.8 Å². The van der Waals surface area contributed by atoms with E-state index >= 15 is 0 Å². The molecule has 0 aliphatic carbocycles. The Morgan fingerprint density at radius 3 is 1.65 bits per heavy atom. The summed E-state index contributed by atoms with van der Waals surface area (Å²) in [5.41, 5.74) is 17.1. The molecule has 0 bridgehead atoms. The second-order valence-corrected chi connectivity index (χ2v) is 17.4. The highest BCUT2D eigenvalue weighted by atomic mass is 79.9. The van der Waals surface area contributed by atoms with Crippen LogP contribution >= 0.6 is 39.1 Å². The van der Waals surface area contributed by atoms with Gasteiger partial charge in [0.1, 0.15) is 0 Å². The van der Waals surface area contributed by atoms with Crippen LogP contribution < -0.4 is 10.2 Å². The van der Waals surface area contributed by atoms with Gasteiger partial charge in [-0.3, -0.25) is 0 Å². The first-order valence-corrected chi connectivity index (χ1v) is 21.2. The van der Waals surface area contributed by atoms with E-state index < -0.39 is 0 Å². The van der Waals surface area contributed by atoms with Crippen molar-refractivity contribution in [3.63, 3.8) is 0 Å². The summed E-state index contributed by atoms with van der Waals surface area (Å²) in [6, 6.07) is 48.1. The molecule has 0 amide bonds. The van der Waals surface area contributed by atoms with Gasteiger partial charge in [0.25, 0.3) is 0 Å². The molecule has 0 spiro atoms. The third-order valence-corrected chi connectivity index (χ3v) is 12.0. The molecule has 55 heavy (non-hydrogen) atoms. The highest BCUT2D eigenvalue weighted by molar-refractivity contribution is 9.10. The largest absolute Gasteiger partial charge is 0.355 e. The van der Waals surface area contributed by atoms with Gasteiger partial charge >= 0.3 is 0 Å². The van der Waals surface area contributed by atoms with Crippen LogP contribution in [0.3, 0.4) is 0 Å². The molecule has 6 aromatic rings. The molecule has 8 rings (SSSR count). The Hall–Kier alpha value is -4.02. The Morgan fingerprint density at radius 1 is 0.527 bits per heavy atom. The van der Waals surface area contributed by atoms with Crippen molar-refractivity contribution in [2.75, 3.05) is 22.0 Å². The molecule has 5 heteroatoms. The molecule has 2 aliphatic heterocycles. The zero-order chi connectivity index (χ0) is 39.2. The van der Waals surface area contributed by atoms with Gasteiger partial charge in [0.15, 0.2) is 0 Å². The molecule has 0 radical (unpaired) electrons. The van der Waals surface area contributed by atoms with Gasteiger partial charge in [0.05, 0.1) is 11.4 Å². The summed E-state index contributed by atoms with van der Waals surface area (Å²) in [7, 11) is 0. The fourth-order valence-corrected chi connectivity index (χ4v) is 8.34. The maximum atomic E-state index is 5.85. The van der Waals surface area contributed by atoms with Crippen molar-refractivity contribution in [1.82, 2.24) is 0 Å². The molecular formula is C50H53BrCl2N2. The average Bonchev–Trinajstić information content (AvgIpc) is 3.19. The van der Waals surface area contributed by atoms with E-state index in [-0.39, 0.29) is 10.8 Å². The number of rotatable bonds is 7. The molecule has 0 atom stereocenters. The summed E-state index contributed by atoms with van der Waals surface area (Å²) in [5, 5.41) is 3.52. The van der Waals surface area contributed by atoms with Gasteiger partial charge in [-0.05, 0) is 121 Å². The fraction of sp³-hybridized carbons (Fsp3) is 0.280. The summed E-state index contributed by atoms with van der Waals surface area (Å²) in [6.45, 7) is 13.6. The van der Waals surface area contributed by atoms with Crippen molar-refractivity contribution >= 4 is 67.6 Å². The van der Waals surface area contributed by atoms with Gasteiger partial charge in [0, 0.05) is 44.1 Å². The van der Waals surface area contributed by atoms with Crippen molar-refractivity contribution in [3.05, 3.63) is 182 Å².